The lowest BCUT2D eigenvalue weighted by Gasteiger charge is -2.14. The van der Waals surface area contributed by atoms with Crippen LogP contribution < -0.4 is 4.74 Å². The number of hydrogen-bond donors (Lipinski definition) is 1. The average Bonchev–Trinajstić information content (AvgIpc) is 2.37. The van der Waals surface area contributed by atoms with Crippen LogP contribution in [0.15, 0.2) is 30.3 Å². The number of phenols is 1. The van der Waals surface area contributed by atoms with E-state index in [1.54, 1.807) is 12.1 Å². The lowest BCUT2D eigenvalue weighted by molar-refractivity contribution is 0.103. The van der Waals surface area contributed by atoms with E-state index in [1.165, 1.54) is 6.07 Å². The summed E-state index contributed by atoms with van der Waals surface area (Å²) in [6, 6.07) is 8.83. The first kappa shape index (κ1) is 15.1. The predicted octanol–water partition coefficient (Wildman–Crippen LogP) is 3.95. The van der Waals surface area contributed by atoms with E-state index in [0.717, 1.165) is 16.7 Å². The van der Waals surface area contributed by atoms with Gasteiger partial charge < -0.3 is 9.84 Å². The molecule has 21 heavy (non-hydrogen) atoms. The molecule has 2 aromatic rings. The largest absolute Gasteiger partial charge is 0.507 e. The monoisotopic (exact) mass is 284 g/mol. The van der Waals surface area contributed by atoms with Crippen molar-refractivity contribution in [2.75, 3.05) is 6.61 Å². The highest BCUT2D eigenvalue weighted by Gasteiger charge is 2.22. The molecule has 0 fully saturated rings. The van der Waals surface area contributed by atoms with Crippen LogP contribution in [0.1, 0.15) is 39.5 Å². The molecule has 0 heterocycles. The maximum Gasteiger partial charge on any atom is 0.201 e. The van der Waals surface area contributed by atoms with E-state index in [2.05, 4.69) is 0 Å². The third kappa shape index (κ3) is 2.92. The summed E-state index contributed by atoms with van der Waals surface area (Å²) in [4.78, 5) is 12.9. The standard InChI is InChI=1S/C18H20O3/c1-5-21-15-8-6-7-14(19)17(15)18(20)16-12(3)9-11(2)10-13(16)4/h6-10,19H,5H2,1-4H3. The molecule has 0 unspecified atom stereocenters. The van der Waals surface area contributed by atoms with Crippen molar-refractivity contribution in [3.05, 3.63) is 58.1 Å². The summed E-state index contributed by atoms with van der Waals surface area (Å²) >= 11 is 0. The Bertz CT molecular complexity index is 664. The number of aromatic hydroxyl groups is 1. The molecule has 0 aliphatic rings. The Labute approximate surface area is 125 Å². The second-order valence-corrected chi connectivity index (χ2v) is 5.19. The molecule has 3 heteroatoms. The second-order valence-electron chi connectivity index (χ2n) is 5.19. The minimum atomic E-state index is -0.202. The van der Waals surface area contributed by atoms with Crippen molar-refractivity contribution in [2.24, 2.45) is 0 Å². The Kier molecular flexibility index (Phi) is 4.32. The number of carbonyl (C=O) groups is 1. The first-order chi connectivity index (χ1) is 9.95. The molecule has 0 aliphatic heterocycles. The fourth-order valence-corrected chi connectivity index (χ4v) is 2.69. The summed E-state index contributed by atoms with van der Waals surface area (Å²) in [6.07, 6.45) is 0. The first-order valence-electron chi connectivity index (χ1n) is 7.03. The minimum Gasteiger partial charge on any atom is -0.507 e. The van der Waals surface area contributed by atoms with Crippen LogP contribution >= 0.6 is 0 Å². The van der Waals surface area contributed by atoms with Crippen molar-refractivity contribution in [3.63, 3.8) is 0 Å². The fraction of sp³-hybridized carbons (Fsp3) is 0.278. The third-order valence-electron chi connectivity index (χ3n) is 3.44. The number of ether oxygens (including phenoxy) is 1. The van der Waals surface area contributed by atoms with E-state index in [-0.39, 0.29) is 17.1 Å². The van der Waals surface area contributed by atoms with Crippen LogP contribution in [0, 0.1) is 20.8 Å². The number of carbonyl (C=O) groups excluding carboxylic acids is 1. The average molecular weight is 284 g/mol. The number of rotatable bonds is 4. The van der Waals surface area contributed by atoms with Gasteiger partial charge in [0.15, 0.2) is 0 Å². The zero-order chi connectivity index (χ0) is 15.6. The van der Waals surface area contributed by atoms with E-state index in [0.29, 0.717) is 17.9 Å². The van der Waals surface area contributed by atoms with Gasteiger partial charge in [-0.05, 0) is 51.0 Å². The number of phenolic OH excluding ortho intramolecular Hbond substituents is 1. The van der Waals surface area contributed by atoms with Crippen molar-refractivity contribution in [3.8, 4) is 11.5 Å². The smallest absolute Gasteiger partial charge is 0.201 e. The summed E-state index contributed by atoms with van der Waals surface area (Å²) in [5.74, 6) is 0.166. The molecule has 3 nitrogen and oxygen atoms in total. The van der Waals surface area contributed by atoms with E-state index in [1.807, 2.05) is 39.8 Å². The van der Waals surface area contributed by atoms with Crippen molar-refractivity contribution >= 4 is 5.78 Å². The minimum absolute atomic E-state index is 0.0506. The van der Waals surface area contributed by atoms with Gasteiger partial charge in [0.1, 0.15) is 17.1 Å². The van der Waals surface area contributed by atoms with E-state index < -0.39 is 0 Å². The van der Waals surface area contributed by atoms with Gasteiger partial charge in [0.05, 0.1) is 6.61 Å². The fourth-order valence-electron chi connectivity index (χ4n) is 2.69. The van der Waals surface area contributed by atoms with Gasteiger partial charge in [-0.25, -0.2) is 0 Å². The molecule has 110 valence electrons. The number of benzene rings is 2. The molecule has 0 aromatic heterocycles. The summed E-state index contributed by atoms with van der Waals surface area (Å²) in [5.41, 5.74) is 3.78. The van der Waals surface area contributed by atoms with Crippen molar-refractivity contribution in [1.82, 2.24) is 0 Å². The SMILES string of the molecule is CCOc1cccc(O)c1C(=O)c1c(C)cc(C)cc1C. The Balaban J connectivity index is 2.61. The van der Waals surface area contributed by atoms with Gasteiger partial charge in [-0.15, -0.1) is 0 Å². The quantitative estimate of drug-likeness (QED) is 0.865. The lowest BCUT2D eigenvalue weighted by atomic mass is 9.92. The van der Waals surface area contributed by atoms with Gasteiger partial charge in [-0.2, -0.15) is 0 Å². The molecule has 0 bridgehead atoms. The zero-order valence-corrected chi connectivity index (χ0v) is 12.9. The molecule has 0 spiro atoms. The summed E-state index contributed by atoms with van der Waals surface area (Å²) < 4.78 is 5.48. The van der Waals surface area contributed by atoms with E-state index in [9.17, 15) is 9.90 Å². The highest BCUT2D eigenvalue weighted by molar-refractivity contribution is 6.14. The van der Waals surface area contributed by atoms with Crippen LogP contribution in [-0.4, -0.2) is 17.5 Å². The van der Waals surface area contributed by atoms with Crippen LogP contribution in [0.4, 0.5) is 0 Å². The van der Waals surface area contributed by atoms with Crippen molar-refractivity contribution < 1.29 is 14.6 Å². The Morgan fingerprint density at radius 1 is 1.10 bits per heavy atom. The first-order valence-corrected chi connectivity index (χ1v) is 7.03. The molecule has 0 radical (unpaired) electrons. The highest BCUT2D eigenvalue weighted by atomic mass is 16.5. The molecule has 2 aromatic carbocycles. The molecule has 2 rings (SSSR count). The van der Waals surface area contributed by atoms with Gasteiger partial charge >= 0.3 is 0 Å². The predicted molar refractivity (Wildman–Crippen MR) is 83.4 cm³/mol. The molecule has 0 saturated heterocycles. The highest BCUT2D eigenvalue weighted by Crippen LogP contribution is 2.32. The summed E-state index contributed by atoms with van der Waals surface area (Å²) in [7, 11) is 0. The molecule has 0 amide bonds. The van der Waals surface area contributed by atoms with Crippen LogP contribution in [0.3, 0.4) is 0 Å². The normalized spacial score (nSPS) is 10.5. The van der Waals surface area contributed by atoms with Gasteiger partial charge in [0, 0.05) is 5.56 Å². The molecule has 0 saturated carbocycles. The van der Waals surface area contributed by atoms with Crippen LogP contribution in [0.2, 0.25) is 0 Å². The van der Waals surface area contributed by atoms with E-state index >= 15 is 0 Å². The maximum atomic E-state index is 12.9. The van der Waals surface area contributed by atoms with Gasteiger partial charge in [-0.3, -0.25) is 4.79 Å². The molecule has 0 atom stereocenters. The number of aryl methyl sites for hydroxylation is 3. The molecular weight excluding hydrogens is 264 g/mol. The Hall–Kier alpha value is -2.29. The maximum absolute atomic E-state index is 12.9. The summed E-state index contributed by atoms with van der Waals surface area (Å²) in [6.45, 7) is 8.11. The van der Waals surface area contributed by atoms with Gasteiger partial charge in [0.25, 0.3) is 0 Å². The van der Waals surface area contributed by atoms with Crippen LogP contribution in [0.5, 0.6) is 11.5 Å². The molecule has 1 N–H and O–H groups in total. The lowest BCUT2D eigenvalue weighted by Crippen LogP contribution is -2.09. The van der Waals surface area contributed by atoms with Crippen LogP contribution in [-0.2, 0) is 0 Å². The molecular formula is C18H20O3. The Morgan fingerprint density at radius 2 is 1.71 bits per heavy atom. The van der Waals surface area contributed by atoms with Crippen molar-refractivity contribution in [1.29, 1.82) is 0 Å². The topological polar surface area (TPSA) is 46.5 Å². The third-order valence-corrected chi connectivity index (χ3v) is 3.44. The number of hydrogen-bond acceptors (Lipinski definition) is 3. The van der Waals surface area contributed by atoms with Gasteiger partial charge in [-0.1, -0.05) is 23.8 Å². The Morgan fingerprint density at radius 3 is 2.29 bits per heavy atom. The van der Waals surface area contributed by atoms with Crippen LogP contribution in [0.25, 0.3) is 0 Å². The second kappa shape index (κ2) is 6.00. The zero-order valence-electron chi connectivity index (χ0n) is 12.9. The summed E-state index contributed by atoms with van der Waals surface area (Å²) in [5, 5.41) is 10.1. The van der Waals surface area contributed by atoms with Crippen molar-refractivity contribution in [2.45, 2.75) is 27.7 Å². The van der Waals surface area contributed by atoms with Gasteiger partial charge in [0.2, 0.25) is 5.78 Å². The number of ketones is 1. The molecule has 0 aliphatic carbocycles. The van der Waals surface area contributed by atoms with E-state index in [4.69, 9.17) is 4.74 Å².